The van der Waals surface area contributed by atoms with E-state index in [-0.39, 0.29) is 46.7 Å². The summed E-state index contributed by atoms with van der Waals surface area (Å²) in [5.41, 5.74) is 4.61. The highest BCUT2D eigenvalue weighted by Crippen LogP contribution is 2.51. The molecule has 2 aliphatic heterocycles. The smallest absolute Gasteiger partial charge is 0.488 e. The molecule has 8 nitrogen and oxygen atoms in total. The van der Waals surface area contributed by atoms with Crippen molar-refractivity contribution in [2.24, 2.45) is 17.8 Å². The summed E-state index contributed by atoms with van der Waals surface area (Å²) in [5, 5.41) is 32.2. The number of imide groups is 1. The second-order valence-electron chi connectivity index (χ2n) is 16.2. The summed E-state index contributed by atoms with van der Waals surface area (Å²) in [6.45, 7) is 9.42. The van der Waals surface area contributed by atoms with Crippen molar-refractivity contribution in [3.63, 3.8) is 0 Å². The summed E-state index contributed by atoms with van der Waals surface area (Å²) < 4.78 is 14.1. The Hall–Kier alpha value is -4.29. The van der Waals surface area contributed by atoms with E-state index in [4.69, 9.17) is 20.8 Å². The Kier molecular flexibility index (Phi) is 11.6. The molecule has 2 amide bonds. The van der Waals surface area contributed by atoms with Gasteiger partial charge in [-0.3, -0.25) is 14.5 Å². The molecule has 0 saturated carbocycles. The van der Waals surface area contributed by atoms with Gasteiger partial charge in [0.05, 0.1) is 41.9 Å². The molecule has 56 heavy (non-hydrogen) atoms. The Morgan fingerprint density at radius 3 is 2.21 bits per heavy atom. The summed E-state index contributed by atoms with van der Waals surface area (Å²) in [6.07, 6.45) is 4.33. The molecule has 290 valence electrons. The fourth-order valence-electron chi connectivity index (χ4n) is 9.16. The maximum absolute atomic E-state index is 14.4. The van der Waals surface area contributed by atoms with Crippen molar-refractivity contribution in [3.05, 3.63) is 130 Å². The van der Waals surface area contributed by atoms with Gasteiger partial charge in [-0.05, 0) is 93.6 Å². The SMILES string of the molecule is CC/C(=C\c1ccc(O)cc1Cl)CC[C@H]1OC[C@H]2C1=C(CO[Si](c1ccccc1)(c1ccccc1)C(C)(C)C)C[C@H]1C(=O)N(c3cccc(B(O)O)c3)C(=O)[C@H]12. The van der Waals surface area contributed by atoms with Gasteiger partial charge in [0.1, 0.15) is 5.75 Å². The number of ether oxygens (including phenoxy) is 1. The number of carbonyl (C=O) groups excluding carboxylic acids is 2. The van der Waals surface area contributed by atoms with E-state index in [1.807, 2.05) is 18.2 Å². The fourth-order valence-corrected chi connectivity index (χ4v) is 13.9. The summed E-state index contributed by atoms with van der Waals surface area (Å²) in [5.74, 6) is -2.01. The van der Waals surface area contributed by atoms with Crippen molar-refractivity contribution in [2.75, 3.05) is 18.1 Å². The zero-order chi connectivity index (χ0) is 39.8. The van der Waals surface area contributed by atoms with Crippen LogP contribution in [0.2, 0.25) is 10.1 Å². The molecule has 4 atom stereocenters. The molecule has 2 saturated heterocycles. The molecular weight excluding hydrogens is 741 g/mol. The van der Waals surface area contributed by atoms with E-state index in [0.717, 1.165) is 39.9 Å². The first-order valence-electron chi connectivity index (χ1n) is 19.4. The van der Waals surface area contributed by atoms with Crippen LogP contribution in [0.25, 0.3) is 6.08 Å². The first-order chi connectivity index (χ1) is 26.8. The van der Waals surface area contributed by atoms with Crippen molar-refractivity contribution in [1.29, 1.82) is 0 Å². The van der Waals surface area contributed by atoms with E-state index in [1.54, 1.807) is 24.3 Å². The highest BCUT2D eigenvalue weighted by molar-refractivity contribution is 6.99. The number of phenols is 1. The largest absolute Gasteiger partial charge is 0.508 e. The van der Waals surface area contributed by atoms with Gasteiger partial charge < -0.3 is 24.3 Å². The summed E-state index contributed by atoms with van der Waals surface area (Å²) in [4.78, 5) is 30.0. The third-order valence-electron chi connectivity index (χ3n) is 11.8. The third-order valence-corrected chi connectivity index (χ3v) is 17.1. The maximum atomic E-state index is 14.4. The first kappa shape index (κ1) is 39.9. The van der Waals surface area contributed by atoms with Crippen molar-refractivity contribution < 1.29 is 33.9 Å². The van der Waals surface area contributed by atoms with Gasteiger partial charge in [0, 0.05) is 5.92 Å². The van der Waals surface area contributed by atoms with Gasteiger partial charge in [-0.15, -0.1) is 0 Å². The Balaban J connectivity index is 1.28. The average molecular weight is 790 g/mol. The molecule has 0 radical (unpaired) electrons. The number of hydrogen-bond donors (Lipinski definition) is 3. The Morgan fingerprint density at radius 1 is 0.929 bits per heavy atom. The lowest BCUT2D eigenvalue weighted by molar-refractivity contribution is -0.122. The lowest BCUT2D eigenvalue weighted by atomic mass is 9.69. The monoisotopic (exact) mass is 789 g/mol. The highest BCUT2D eigenvalue weighted by atomic mass is 35.5. The van der Waals surface area contributed by atoms with Gasteiger partial charge in [-0.25, -0.2) is 0 Å². The van der Waals surface area contributed by atoms with Crippen LogP contribution in [0.4, 0.5) is 5.69 Å². The molecule has 0 bridgehead atoms. The first-order valence-corrected chi connectivity index (χ1v) is 21.7. The summed E-state index contributed by atoms with van der Waals surface area (Å²) in [7, 11) is -4.70. The zero-order valence-electron chi connectivity index (χ0n) is 32.3. The molecule has 2 heterocycles. The van der Waals surface area contributed by atoms with Crippen molar-refractivity contribution in [3.8, 4) is 5.75 Å². The predicted molar refractivity (Wildman–Crippen MR) is 225 cm³/mol. The zero-order valence-corrected chi connectivity index (χ0v) is 34.1. The number of fused-ring (bicyclic) bond motifs is 3. The van der Waals surface area contributed by atoms with E-state index in [0.29, 0.717) is 30.2 Å². The number of allylic oxidation sites excluding steroid dienone is 1. The molecule has 0 unspecified atom stereocenters. The number of phenolic OH excluding ortho intramolecular Hbond substituents is 1. The normalized spacial score (nSPS) is 21.4. The molecule has 0 aromatic heterocycles. The molecule has 4 aromatic rings. The number of nitrogens with zero attached hydrogens (tertiary/aromatic N) is 1. The van der Waals surface area contributed by atoms with Gasteiger partial charge in [-0.1, -0.05) is 124 Å². The topological polar surface area (TPSA) is 117 Å². The standard InChI is InChI=1S/C45H49BClNO7Si/c1-5-29(23-30-20-21-34(49)26-39(30)47)19-22-40-41-31(27-55-56(45(2,3)4,35-15-8-6-9-16-35)36-17-10-7-11-18-36)24-37-42(38(41)28-54-40)44(51)48(43(37)50)33-14-12-13-32(25-33)46(52)53/h6-18,20-21,23,25-26,37-38,40,42,49,52-53H,5,19,22,24,27-28H2,1-4H3/b29-23+/t37-,38+,40-,42-/m1/s1. The van der Waals surface area contributed by atoms with E-state index in [2.05, 4.69) is 82.3 Å². The molecular formula is C45H49BClNO7Si. The molecule has 3 aliphatic rings. The van der Waals surface area contributed by atoms with Crippen LogP contribution in [0.15, 0.2) is 120 Å². The highest BCUT2D eigenvalue weighted by Gasteiger charge is 2.58. The molecule has 3 N–H and O–H groups in total. The molecule has 2 fully saturated rings. The number of amides is 2. The molecule has 7 rings (SSSR count). The van der Waals surface area contributed by atoms with E-state index in [9.17, 15) is 24.7 Å². The molecule has 11 heteroatoms. The molecule has 1 aliphatic carbocycles. The lowest BCUT2D eigenvalue weighted by Gasteiger charge is -2.44. The van der Waals surface area contributed by atoms with Gasteiger partial charge in [-0.2, -0.15) is 0 Å². The fraction of sp³-hybridized carbons (Fsp3) is 0.333. The van der Waals surface area contributed by atoms with Crippen LogP contribution >= 0.6 is 11.6 Å². The van der Waals surface area contributed by atoms with Crippen molar-refractivity contribution in [1.82, 2.24) is 0 Å². The number of carbonyl (C=O) groups is 2. The third kappa shape index (κ3) is 7.46. The van der Waals surface area contributed by atoms with Crippen LogP contribution < -0.4 is 20.7 Å². The number of anilines is 1. The molecule has 4 aromatic carbocycles. The van der Waals surface area contributed by atoms with Crippen LogP contribution in [0.3, 0.4) is 0 Å². The van der Waals surface area contributed by atoms with Crippen molar-refractivity contribution >= 4 is 66.5 Å². The number of hydrogen-bond acceptors (Lipinski definition) is 7. The minimum atomic E-state index is -2.97. The van der Waals surface area contributed by atoms with Crippen LogP contribution in [-0.4, -0.2) is 61.7 Å². The minimum absolute atomic E-state index is 0.114. The summed E-state index contributed by atoms with van der Waals surface area (Å²) in [6, 6.07) is 32.2. The molecule has 0 spiro atoms. The van der Waals surface area contributed by atoms with Crippen LogP contribution in [-0.2, 0) is 18.8 Å². The van der Waals surface area contributed by atoms with E-state index >= 15 is 0 Å². The van der Waals surface area contributed by atoms with Crippen molar-refractivity contribution in [2.45, 2.75) is 64.5 Å². The second-order valence-corrected chi connectivity index (χ2v) is 20.9. The Morgan fingerprint density at radius 2 is 1.61 bits per heavy atom. The maximum Gasteiger partial charge on any atom is 0.488 e. The minimum Gasteiger partial charge on any atom is -0.508 e. The van der Waals surface area contributed by atoms with Gasteiger partial charge in [0.15, 0.2) is 0 Å². The van der Waals surface area contributed by atoms with Gasteiger partial charge in [0.2, 0.25) is 11.8 Å². The Labute approximate surface area is 335 Å². The average Bonchev–Trinajstić information content (AvgIpc) is 3.72. The summed E-state index contributed by atoms with van der Waals surface area (Å²) >= 11 is 6.48. The van der Waals surface area contributed by atoms with Crippen LogP contribution in [0.5, 0.6) is 5.75 Å². The second kappa shape index (κ2) is 16.3. The predicted octanol–water partition coefficient (Wildman–Crippen LogP) is 6.40. The quantitative estimate of drug-likeness (QED) is 0.0866. The Bertz CT molecular complexity index is 2110. The van der Waals surface area contributed by atoms with E-state index < -0.39 is 27.3 Å². The number of aromatic hydroxyl groups is 1. The number of benzene rings is 4. The van der Waals surface area contributed by atoms with Gasteiger partial charge in [0.25, 0.3) is 8.32 Å². The number of halogens is 1. The van der Waals surface area contributed by atoms with E-state index in [1.165, 1.54) is 22.6 Å². The number of rotatable bonds is 12. The van der Waals surface area contributed by atoms with Crippen LogP contribution in [0, 0.1) is 17.8 Å². The lowest BCUT2D eigenvalue weighted by Crippen LogP contribution is -2.66. The van der Waals surface area contributed by atoms with Crippen LogP contribution in [0.1, 0.15) is 58.9 Å². The van der Waals surface area contributed by atoms with Gasteiger partial charge >= 0.3 is 7.12 Å².